The zero-order chi connectivity index (χ0) is 16.5. The highest BCUT2D eigenvalue weighted by Crippen LogP contribution is 2.23. The third kappa shape index (κ3) is 2.90. The molecule has 0 radical (unpaired) electrons. The lowest BCUT2D eigenvalue weighted by Crippen LogP contribution is -2.55. The maximum atomic E-state index is 5.11. The van der Waals surface area contributed by atoms with Crippen LogP contribution in [0.3, 0.4) is 0 Å². The van der Waals surface area contributed by atoms with E-state index in [2.05, 4.69) is 30.2 Å². The molecule has 7 nitrogen and oxygen atoms in total. The topological polar surface area (TPSA) is 79.0 Å². The van der Waals surface area contributed by atoms with Crippen LogP contribution in [0.2, 0.25) is 0 Å². The number of nitrogens with zero attached hydrogens (tertiary/aromatic N) is 4. The fourth-order valence-corrected chi connectivity index (χ4v) is 2.94. The molecular formula is C17H20N6O. The summed E-state index contributed by atoms with van der Waals surface area (Å²) < 4.78 is 5.11. The number of aromatic amines is 1. The number of benzene rings is 1. The van der Waals surface area contributed by atoms with Crippen molar-refractivity contribution in [2.45, 2.75) is 19.6 Å². The van der Waals surface area contributed by atoms with Gasteiger partial charge in [0, 0.05) is 32.0 Å². The fourth-order valence-electron chi connectivity index (χ4n) is 2.94. The normalized spacial score (nSPS) is 14.8. The first-order valence-corrected chi connectivity index (χ1v) is 8.01. The van der Waals surface area contributed by atoms with Crippen molar-refractivity contribution >= 4 is 22.8 Å². The van der Waals surface area contributed by atoms with E-state index in [1.165, 1.54) is 0 Å². The minimum Gasteiger partial charge on any atom is -0.377 e. The summed E-state index contributed by atoms with van der Waals surface area (Å²) >= 11 is 0. The van der Waals surface area contributed by atoms with Crippen molar-refractivity contribution in [3.63, 3.8) is 0 Å². The van der Waals surface area contributed by atoms with Gasteiger partial charge >= 0.3 is 0 Å². The van der Waals surface area contributed by atoms with Crippen molar-refractivity contribution in [2.75, 3.05) is 30.4 Å². The molecule has 0 bridgehead atoms. The monoisotopic (exact) mass is 324 g/mol. The summed E-state index contributed by atoms with van der Waals surface area (Å²) in [4.78, 5) is 19.1. The third-order valence-electron chi connectivity index (χ3n) is 4.08. The molecule has 0 spiro atoms. The van der Waals surface area contributed by atoms with Gasteiger partial charge in [-0.15, -0.1) is 0 Å². The first-order chi connectivity index (χ1) is 11.7. The van der Waals surface area contributed by atoms with Crippen LogP contribution < -0.4 is 10.2 Å². The predicted octanol–water partition coefficient (Wildman–Crippen LogP) is 2.11. The van der Waals surface area contributed by atoms with Crippen LogP contribution in [0, 0.1) is 6.92 Å². The van der Waals surface area contributed by atoms with Crippen LogP contribution in [0.15, 0.2) is 30.3 Å². The molecule has 4 rings (SSSR count). The second-order valence-electron chi connectivity index (χ2n) is 6.07. The summed E-state index contributed by atoms with van der Waals surface area (Å²) in [6.45, 7) is 4.17. The molecule has 2 N–H and O–H groups in total. The Morgan fingerprint density at radius 2 is 2.08 bits per heavy atom. The van der Waals surface area contributed by atoms with Crippen molar-refractivity contribution < 1.29 is 4.74 Å². The predicted molar refractivity (Wildman–Crippen MR) is 93.2 cm³/mol. The number of fused-ring (bicyclic) bond motifs is 1. The minimum atomic E-state index is 0.350. The third-order valence-corrected chi connectivity index (χ3v) is 4.08. The quantitative estimate of drug-likeness (QED) is 0.748. The lowest BCUT2D eigenvalue weighted by Gasteiger charge is -2.39. The smallest absolute Gasteiger partial charge is 0.203 e. The van der Waals surface area contributed by atoms with Crippen LogP contribution in [0.1, 0.15) is 11.5 Å². The van der Waals surface area contributed by atoms with Crippen LogP contribution in [0.25, 0.3) is 11.0 Å². The van der Waals surface area contributed by atoms with Gasteiger partial charge in [0.25, 0.3) is 0 Å². The van der Waals surface area contributed by atoms with Crippen LogP contribution in [-0.4, -0.2) is 46.2 Å². The van der Waals surface area contributed by atoms with E-state index in [9.17, 15) is 0 Å². The highest BCUT2D eigenvalue weighted by Gasteiger charge is 2.29. The molecule has 0 unspecified atom stereocenters. The number of H-pyrrole nitrogens is 1. The van der Waals surface area contributed by atoms with Crippen LogP contribution in [0.5, 0.6) is 0 Å². The lowest BCUT2D eigenvalue weighted by molar-refractivity contribution is 0.177. The van der Waals surface area contributed by atoms with Gasteiger partial charge in [-0.3, -0.25) is 0 Å². The van der Waals surface area contributed by atoms with Crippen molar-refractivity contribution in [2.24, 2.45) is 0 Å². The summed E-state index contributed by atoms with van der Waals surface area (Å²) in [5, 5.41) is 3.46. The van der Waals surface area contributed by atoms with E-state index >= 15 is 0 Å². The highest BCUT2D eigenvalue weighted by atomic mass is 16.5. The van der Waals surface area contributed by atoms with E-state index in [-0.39, 0.29) is 0 Å². The molecule has 3 heterocycles. The van der Waals surface area contributed by atoms with Gasteiger partial charge in [0.15, 0.2) is 5.82 Å². The average molecular weight is 324 g/mol. The van der Waals surface area contributed by atoms with E-state index in [4.69, 9.17) is 4.74 Å². The highest BCUT2D eigenvalue weighted by molar-refractivity contribution is 5.77. The Bertz CT molecular complexity index is 822. The molecule has 3 aromatic rings. The summed E-state index contributed by atoms with van der Waals surface area (Å²) in [6, 6.07) is 10.4. The molecular weight excluding hydrogens is 304 g/mol. The van der Waals surface area contributed by atoms with Crippen molar-refractivity contribution in [1.82, 2.24) is 19.9 Å². The number of hydrogen-bond acceptors (Lipinski definition) is 6. The molecule has 2 aromatic heterocycles. The Morgan fingerprint density at radius 3 is 2.88 bits per heavy atom. The number of ether oxygens (including phenoxy) is 1. The Morgan fingerprint density at radius 1 is 1.25 bits per heavy atom. The first kappa shape index (κ1) is 14.9. The molecule has 7 heteroatoms. The second kappa shape index (κ2) is 6.09. The van der Waals surface area contributed by atoms with Crippen LogP contribution in [0.4, 0.5) is 11.8 Å². The number of hydrogen-bond donors (Lipinski definition) is 2. The van der Waals surface area contributed by atoms with Gasteiger partial charge in [0.05, 0.1) is 17.1 Å². The zero-order valence-electron chi connectivity index (χ0n) is 13.8. The first-order valence-electron chi connectivity index (χ1n) is 8.01. The number of rotatable bonds is 5. The molecule has 24 heavy (non-hydrogen) atoms. The minimum absolute atomic E-state index is 0.350. The summed E-state index contributed by atoms with van der Waals surface area (Å²) in [7, 11) is 1.65. The molecule has 0 amide bonds. The number of anilines is 2. The number of aryl methyl sites for hydroxylation is 1. The maximum Gasteiger partial charge on any atom is 0.203 e. The summed E-state index contributed by atoms with van der Waals surface area (Å²) in [6.07, 6.45) is 0. The molecule has 1 saturated heterocycles. The van der Waals surface area contributed by atoms with Crippen LogP contribution in [-0.2, 0) is 11.3 Å². The number of imidazole rings is 1. The number of nitrogens with one attached hydrogen (secondary N) is 2. The summed E-state index contributed by atoms with van der Waals surface area (Å²) in [5.41, 5.74) is 3.01. The Hall–Kier alpha value is -2.67. The second-order valence-corrected chi connectivity index (χ2v) is 6.07. The van der Waals surface area contributed by atoms with E-state index < -0.39 is 0 Å². The van der Waals surface area contributed by atoms with E-state index in [0.717, 1.165) is 41.6 Å². The van der Waals surface area contributed by atoms with E-state index in [1.807, 2.05) is 37.3 Å². The summed E-state index contributed by atoms with van der Waals surface area (Å²) in [5.74, 6) is 2.48. The largest absolute Gasteiger partial charge is 0.377 e. The number of methoxy groups -OCH3 is 1. The number of para-hydroxylation sites is 2. The molecule has 0 saturated carbocycles. The van der Waals surface area contributed by atoms with Gasteiger partial charge in [-0.05, 0) is 19.1 Å². The Labute approximate surface area is 140 Å². The van der Waals surface area contributed by atoms with Gasteiger partial charge in [-0.25, -0.2) is 15.0 Å². The van der Waals surface area contributed by atoms with Gasteiger partial charge in [0.2, 0.25) is 5.95 Å². The average Bonchev–Trinajstić information content (AvgIpc) is 2.93. The van der Waals surface area contributed by atoms with Crippen LogP contribution >= 0.6 is 0 Å². The lowest BCUT2D eigenvalue weighted by atomic mass is 10.1. The van der Waals surface area contributed by atoms with Gasteiger partial charge in [-0.2, -0.15) is 0 Å². The molecule has 0 aliphatic carbocycles. The standard InChI is InChI=1S/C17H20N6O/c1-11-7-15(22-16(18-11)10-24-2)19-12-8-23(9-12)17-20-13-5-3-4-6-14(13)21-17/h3-7,12H,8-10H2,1-2H3,(H,20,21)(H,18,19,22). The van der Waals surface area contributed by atoms with Gasteiger partial charge in [-0.1, -0.05) is 12.1 Å². The SMILES string of the molecule is COCc1nc(C)cc(NC2CN(c3nc4ccccc4[nH]3)C2)n1. The number of aromatic nitrogens is 4. The van der Waals surface area contributed by atoms with E-state index in [0.29, 0.717) is 18.5 Å². The van der Waals surface area contributed by atoms with E-state index in [1.54, 1.807) is 7.11 Å². The Balaban J connectivity index is 1.41. The maximum absolute atomic E-state index is 5.11. The van der Waals surface area contributed by atoms with Crippen molar-refractivity contribution in [1.29, 1.82) is 0 Å². The van der Waals surface area contributed by atoms with Gasteiger partial charge in [0.1, 0.15) is 12.4 Å². The molecule has 1 aliphatic rings. The molecule has 124 valence electrons. The molecule has 1 aliphatic heterocycles. The van der Waals surface area contributed by atoms with Gasteiger partial charge < -0.3 is 19.9 Å². The Kier molecular flexibility index (Phi) is 3.78. The van der Waals surface area contributed by atoms with Crippen molar-refractivity contribution in [3.8, 4) is 0 Å². The molecule has 1 fully saturated rings. The van der Waals surface area contributed by atoms with Crippen molar-refractivity contribution in [3.05, 3.63) is 41.9 Å². The molecule has 0 atom stereocenters. The molecule has 1 aromatic carbocycles. The fraction of sp³-hybridized carbons (Fsp3) is 0.353. The zero-order valence-corrected chi connectivity index (χ0v) is 13.8.